The van der Waals surface area contributed by atoms with Crippen molar-refractivity contribution >= 4 is 11.8 Å². The molecule has 3 saturated carbocycles. The third kappa shape index (κ3) is 4.31. The first kappa shape index (κ1) is 26.5. The van der Waals surface area contributed by atoms with Crippen LogP contribution in [0.25, 0.3) is 0 Å². The van der Waals surface area contributed by atoms with Gasteiger partial charge in [0.2, 0.25) is 0 Å². The molecule has 3 fully saturated rings. The molecule has 10 unspecified atom stereocenters. The summed E-state index contributed by atoms with van der Waals surface area (Å²) in [6.07, 6.45) is 1.78. The maximum absolute atomic E-state index is 12.7. The fourth-order valence-corrected chi connectivity index (χ4v) is 7.90. The van der Waals surface area contributed by atoms with E-state index < -0.39 is 43.1 Å². The minimum absolute atomic E-state index is 0.0347. The van der Waals surface area contributed by atoms with Gasteiger partial charge in [0.1, 0.15) is 24.4 Å². The Kier molecular flexibility index (Phi) is 7.34. The smallest absolute Gasteiger partial charge is 0.338 e. The molecule has 0 saturated heterocycles. The van der Waals surface area contributed by atoms with Gasteiger partial charge in [-0.05, 0) is 85.7 Å². The lowest BCUT2D eigenvalue weighted by molar-refractivity contribution is -0.173. The Morgan fingerprint density at radius 3 is 2.46 bits per heavy atom. The molecule has 196 valence electrons. The zero-order chi connectivity index (χ0) is 25.7. The van der Waals surface area contributed by atoms with E-state index in [9.17, 15) is 30.0 Å². The topological polar surface area (TPSA) is 145 Å². The second-order valence-electron chi connectivity index (χ2n) is 11.5. The minimum Gasteiger partial charge on any atom is -0.456 e. The van der Waals surface area contributed by atoms with Crippen molar-refractivity contribution in [1.29, 1.82) is 0 Å². The minimum atomic E-state index is -2.05. The summed E-state index contributed by atoms with van der Waals surface area (Å²) in [4.78, 5) is 24.8. The van der Waals surface area contributed by atoms with Crippen molar-refractivity contribution in [3.8, 4) is 0 Å². The fraction of sp³-hybridized carbons (Fsp3) is 0.778. The molecule has 0 bridgehead atoms. The average molecular weight is 493 g/mol. The molecule has 35 heavy (non-hydrogen) atoms. The second kappa shape index (κ2) is 9.71. The quantitative estimate of drug-likeness (QED) is 0.277. The van der Waals surface area contributed by atoms with E-state index >= 15 is 0 Å². The lowest BCUT2D eigenvalue weighted by Gasteiger charge is -2.57. The summed E-state index contributed by atoms with van der Waals surface area (Å²) in [6.45, 7) is 5.66. The van der Waals surface area contributed by atoms with E-state index in [0.717, 1.165) is 37.7 Å². The monoisotopic (exact) mass is 492 g/mol. The molecular formula is C27H40O8. The normalized spacial score (nSPS) is 41.2. The highest BCUT2D eigenvalue weighted by Gasteiger charge is 2.60. The van der Waals surface area contributed by atoms with Gasteiger partial charge >= 0.3 is 5.97 Å². The molecule has 0 aromatic rings. The van der Waals surface area contributed by atoms with E-state index in [1.54, 1.807) is 0 Å². The Hall–Kier alpha value is -1.58. The molecule has 10 atom stereocenters. The Morgan fingerprint density at radius 2 is 1.80 bits per heavy atom. The average Bonchev–Trinajstić information content (AvgIpc) is 3.13. The van der Waals surface area contributed by atoms with E-state index in [-0.39, 0.29) is 16.6 Å². The third-order valence-corrected chi connectivity index (χ3v) is 9.89. The number of aliphatic hydroxyl groups is 5. The van der Waals surface area contributed by atoms with Crippen LogP contribution in [0.2, 0.25) is 0 Å². The summed E-state index contributed by atoms with van der Waals surface area (Å²) in [6, 6.07) is 0. The van der Waals surface area contributed by atoms with Gasteiger partial charge in [0.15, 0.2) is 11.9 Å². The van der Waals surface area contributed by atoms with Crippen LogP contribution in [0.5, 0.6) is 0 Å². The van der Waals surface area contributed by atoms with Crippen LogP contribution < -0.4 is 0 Å². The van der Waals surface area contributed by atoms with Gasteiger partial charge in [-0.1, -0.05) is 25.5 Å². The van der Waals surface area contributed by atoms with E-state index in [0.29, 0.717) is 30.6 Å². The van der Waals surface area contributed by atoms with Crippen molar-refractivity contribution in [2.24, 2.45) is 28.6 Å². The number of allylic oxidation sites excluding steroid dienone is 2. The molecule has 4 rings (SSSR count). The van der Waals surface area contributed by atoms with Gasteiger partial charge in [-0.15, -0.1) is 0 Å². The summed E-state index contributed by atoms with van der Waals surface area (Å²) in [5, 5.41) is 48.8. The molecule has 0 aromatic carbocycles. The predicted octanol–water partition coefficient (Wildman–Crippen LogP) is 1.42. The standard InChI is InChI=1S/C27H40O8/c1-4-17-21(35-25(34)24(33)23(32)22(31)20(30)13-28)12-19-16-6-5-14-11-15(29)7-9-26(14,2)18(16)8-10-27(17,19)3/h4,11,16,18-24,28,30-33H,5-10,12-13H2,1-3H3/b17-4+. The van der Waals surface area contributed by atoms with Gasteiger partial charge in [0.05, 0.1) is 6.61 Å². The number of esters is 1. The zero-order valence-electron chi connectivity index (χ0n) is 20.9. The molecule has 0 heterocycles. The Labute approximate surface area is 206 Å². The number of rotatable bonds is 6. The number of fused-ring (bicyclic) bond motifs is 5. The van der Waals surface area contributed by atoms with Crippen LogP contribution in [-0.2, 0) is 14.3 Å². The van der Waals surface area contributed by atoms with Gasteiger partial charge in [0, 0.05) is 6.42 Å². The highest BCUT2D eigenvalue weighted by molar-refractivity contribution is 5.91. The maximum Gasteiger partial charge on any atom is 0.338 e. The molecule has 4 aliphatic rings. The molecule has 4 aliphatic carbocycles. The van der Waals surface area contributed by atoms with E-state index in [1.807, 2.05) is 19.1 Å². The van der Waals surface area contributed by atoms with Crippen LogP contribution in [0, 0.1) is 28.6 Å². The van der Waals surface area contributed by atoms with Gasteiger partial charge < -0.3 is 30.3 Å². The Morgan fingerprint density at radius 1 is 1.09 bits per heavy atom. The van der Waals surface area contributed by atoms with Crippen molar-refractivity contribution < 1.29 is 39.9 Å². The SMILES string of the molecule is C/C=C1\C(OC(=O)C(O)C(O)C(O)C(O)CO)CC2C3CCC4=CC(=O)CCC4(C)C3CCC12C. The van der Waals surface area contributed by atoms with Gasteiger partial charge in [-0.25, -0.2) is 4.79 Å². The van der Waals surface area contributed by atoms with Crippen molar-refractivity contribution in [1.82, 2.24) is 0 Å². The Balaban J connectivity index is 1.52. The number of aliphatic hydroxyl groups excluding tert-OH is 5. The van der Waals surface area contributed by atoms with E-state index in [2.05, 4.69) is 13.8 Å². The second-order valence-corrected chi connectivity index (χ2v) is 11.5. The summed E-state index contributed by atoms with van der Waals surface area (Å²) in [5.74, 6) is 0.392. The molecule has 8 nitrogen and oxygen atoms in total. The van der Waals surface area contributed by atoms with Gasteiger partial charge in [-0.2, -0.15) is 0 Å². The van der Waals surface area contributed by atoms with Crippen LogP contribution in [0.15, 0.2) is 23.3 Å². The summed E-state index contributed by atoms with van der Waals surface area (Å²) in [5.41, 5.74) is 2.22. The highest BCUT2D eigenvalue weighted by atomic mass is 16.6. The third-order valence-electron chi connectivity index (χ3n) is 9.89. The van der Waals surface area contributed by atoms with Crippen LogP contribution in [0.1, 0.15) is 65.7 Å². The number of hydrogen-bond donors (Lipinski definition) is 5. The summed E-state index contributed by atoms with van der Waals surface area (Å²) >= 11 is 0. The first-order valence-corrected chi connectivity index (χ1v) is 12.9. The predicted molar refractivity (Wildman–Crippen MR) is 127 cm³/mol. The maximum atomic E-state index is 12.7. The van der Waals surface area contributed by atoms with Crippen LogP contribution in [0.4, 0.5) is 0 Å². The molecule has 8 heteroatoms. The largest absolute Gasteiger partial charge is 0.456 e. The van der Waals surface area contributed by atoms with E-state index in [4.69, 9.17) is 9.84 Å². The lowest BCUT2D eigenvalue weighted by atomic mass is 9.47. The van der Waals surface area contributed by atoms with Crippen molar-refractivity contribution in [3.05, 3.63) is 23.3 Å². The van der Waals surface area contributed by atoms with E-state index in [1.165, 1.54) is 5.57 Å². The first-order valence-electron chi connectivity index (χ1n) is 12.9. The molecule has 0 aliphatic heterocycles. The summed E-state index contributed by atoms with van der Waals surface area (Å²) < 4.78 is 5.72. The van der Waals surface area contributed by atoms with Crippen LogP contribution >= 0.6 is 0 Å². The first-order chi connectivity index (χ1) is 16.5. The van der Waals surface area contributed by atoms with Gasteiger partial charge in [-0.3, -0.25) is 4.79 Å². The molecule has 5 N–H and O–H groups in total. The van der Waals surface area contributed by atoms with Crippen LogP contribution in [0.3, 0.4) is 0 Å². The number of ketones is 1. The number of carbonyl (C=O) groups is 2. The van der Waals surface area contributed by atoms with Crippen molar-refractivity contribution in [2.75, 3.05) is 6.61 Å². The van der Waals surface area contributed by atoms with Crippen molar-refractivity contribution in [3.63, 3.8) is 0 Å². The lowest BCUT2D eigenvalue weighted by Crippen LogP contribution is -2.49. The highest BCUT2D eigenvalue weighted by Crippen LogP contribution is 2.66. The number of carbonyl (C=O) groups excluding carboxylic acids is 2. The molecule has 0 aromatic heterocycles. The fourth-order valence-electron chi connectivity index (χ4n) is 7.90. The van der Waals surface area contributed by atoms with Crippen molar-refractivity contribution in [2.45, 2.75) is 96.2 Å². The summed E-state index contributed by atoms with van der Waals surface area (Å²) in [7, 11) is 0. The molecule has 0 spiro atoms. The number of ether oxygens (including phenoxy) is 1. The Bertz CT molecular complexity index is 911. The zero-order valence-corrected chi connectivity index (χ0v) is 20.9. The van der Waals surface area contributed by atoms with Gasteiger partial charge in [0.25, 0.3) is 0 Å². The number of hydrogen-bond acceptors (Lipinski definition) is 8. The van der Waals surface area contributed by atoms with Crippen LogP contribution in [-0.4, -0.2) is 74.4 Å². The molecule has 0 amide bonds. The molecular weight excluding hydrogens is 452 g/mol. The molecule has 0 radical (unpaired) electrons.